The van der Waals surface area contributed by atoms with Crippen molar-refractivity contribution < 1.29 is 15.0 Å². The van der Waals surface area contributed by atoms with Crippen molar-refractivity contribution in [2.24, 2.45) is 50.7 Å². The van der Waals surface area contributed by atoms with E-state index in [4.69, 9.17) is 0 Å². The Balaban J connectivity index is 1.59. The molecule has 5 aliphatic carbocycles. The third-order valence-electron chi connectivity index (χ3n) is 12.8. The lowest BCUT2D eigenvalue weighted by Gasteiger charge is -2.71. The molecule has 3 nitrogen and oxygen atoms in total. The fourth-order valence-corrected chi connectivity index (χ4v) is 10.5. The number of carboxylic acids is 1. The summed E-state index contributed by atoms with van der Waals surface area (Å²) in [6.07, 6.45) is 12.7. The smallest absolute Gasteiger partial charge is 0.310 e. The Bertz CT molecular complexity index is 843. The average molecular weight is 443 g/mol. The molecule has 2 N–H and O–H groups in total. The number of hydrogen-bond acceptors (Lipinski definition) is 2. The second-order valence-corrected chi connectivity index (χ2v) is 14.1. The highest BCUT2D eigenvalue weighted by molar-refractivity contribution is 5.76. The molecule has 32 heavy (non-hydrogen) atoms. The molecular formula is C29H46O3. The van der Waals surface area contributed by atoms with Crippen LogP contribution in [-0.4, -0.2) is 22.3 Å². The Morgan fingerprint density at radius 3 is 2.34 bits per heavy atom. The van der Waals surface area contributed by atoms with E-state index in [2.05, 4.69) is 47.6 Å². The molecule has 9 unspecified atom stereocenters. The molecule has 3 heteroatoms. The highest BCUT2D eigenvalue weighted by Crippen LogP contribution is 2.75. The normalized spacial score (nSPS) is 54.3. The van der Waals surface area contributed by atoms with E-state index < -0.39 is 11.4 Å². The van der Waals surface area contributed by atoms with Crippen molar-refractivity contribution in [2.45, 2.75) is 112 Å². The van der Waals surface area contributed by atoms with Crippen molar-refractivity contribution in [3.63, 3.8) is 0 Å². The lowest BCUT2D eigenvalue weighted by atomic mass is 9.34. The molecule has 0 saturated heterocycles. The number of aliphatic hydroxyl groups is 1. The molecule has 5 aliphatic rings. The highest BCUT2D eigenvalue weighted by atomic mass is 16.4. The zero-order valence-electron chi connectivity index (χ0n) is 21.3. The van der Waals surface area contributed by atoms with Crippen molar-refractivity contribution in [2.75, 3.05) is 0 Å². The summed E-state index contributed by atoms with van der Waals surface area (Å²) in [7, 11) is 0. The van der Waals surface area contributed by atoms with Crippen LogP contribution in [0.25, 0.3) is 0 Å². The van der Waals surface area contributed by atoms with E-state index in [0.29, 0.717) is 17.8 Å². The molecule has 0 aromatic rings. The standard InChI is InChI=1S/C29H46O3/c1-18-9-14-29(24(31)32)16-15-27(5)19(20(29)17-18)7-8-22-26(4)12-11-23(30)25(2,3)21(26)10-13-28(22,27)6/h7,18,20-23,30H,8-17H2,1-6H3,(H,31,32). The quantitative estimate of drug-likeness (QED) is 0.437. The first-order valence-electron chi connectivity index (χ1n) is 13.4. The van der Waals surface area contributed by atoms with Gasteiger partial charge in [0.2, 0.25) is 0 Å². The summed E-state index contributed by atoms with van der Waals surface area (Å²) in [6.45, 7) is 14.6. The number of aliphatic carboxylic acids is 1. The van der Waals surface area contributed by atoms with Gasteiger partial charge in [0.1, 0.15) is 0 Å². The fourth-order valence-electron chi connectivity index (χ4n) is 10.5. The van der Waals surface area contributed by atoms with Crippen LogP contribution in [0.3, 0.4) is 0 Å². The Kier molecular flexibility index (Phi) is 4.92. The fraction of sp³-hybridized carbons (Fsp3) is 0.897. The molecule has 0 heterocycles. The van der Waals surface area contributed by atoms with Gasteiger partial charge in [0, 0.05) is 0 Å². The number of hydrogen-bond donors (Lipinski definition) is 2. The number of fused-ring (bicyclic) bond motifs is 7. The summed E-state index contributed by atoms with van der Waals surface area (Å²) >= 11 is 0. The molecule has 4 saturated carbocycles. The van der Waals surface area contributed by atoms with Gasteiger partial charge in [-0.3, -0.25) is 4.79 Å². The molecule has 0 bridgehead atoms. The molecule has 0 amide bonds. The van der Waals surface area contributed by atoms with E-state index >= 15 is 0 Å². The molecule has 9 atom stereocenters. The topological polar surface area (TPSA) is 57.5 Å². The predicted octanol–water partition coefficient (Wildman–Crippen LogP) is 6.84. The average Bonchev–Trinajstić information content (AvgIpc) is 2.71. The zero-order chi connectivity index (χ0) is 23.3. The second kappa shape index (κ2) is 6.86. The van der Waals surface area contributed by atoms with Crippen LogP contribution < -0.4 is 0 Å². The van der Waals surface area contributed by atoms with Gasteiger partial charge in [-0.2, -0.15) is 0 Å². The molecular weight excluding hydrogens is 396 g/mol. The van der Waals surface area contributed by atoms with Crippen molar-refractivity contribution in [3.8, 4) is 0 Å². The van der Waals surface area contributed by atoms with E-state index in [0.717, 1.165) is 51.4 Å². The van der Waals surface area contributed by atoms with Crippen LogP contribution in [0, 0.1) is 50.7 Å². The molecule has 0 radical (unpaired) electrons. The predicted molar refractivity (Wildman–Crippen MR) is 128 cm³/mol. The maximum Gasteiger partial charge on any atom is 0.310 e. The largest absolute Gasteiger partial charge is 0.481 e. The van der Waals surface area contributed by atoms with Gasteiger partial charge >= 0.3 is 5.97 Å². The molecule has 0 aromatic carbocycles. The Hall–Kier alpha value is -0.830. The maximum absolute atomic E-state index is 12.6. The highest BCUT2D eigenvalue weighted by Gasteiger charge is 2.68. The zero-order valence-corrected chi connectivity index (χ0v) is 21.3. The van der Waals surface area contributed by atoms with Crippen LogP contribution in [0.15, 0.2) is 11.6 Å². The van der Waals surface area contributed by atoms with Gasteiger partial charge in [-0.05, 0) is 110 Å². The van der Waals surface area contributed by atoms with Gasteiger partial charge in [-0.1, -0.05) is 53.2 Å². The van der Waals surface area contributed by atoms with E-state index in [1.54, 1.807) is 0 Å². The van der Waals surface area contributed by atoms with Gasteiger partial charge < -0.3 is 10.2 Å². The van der Waals surface area contributed by atoms with Crippen molar-refractivity contribution in [1.29, 1.82) is 0 Å². The summed E-state index contributed by atoms with van der Waals surface area (Å²) < 4.78 is 0. The Morgan fingerprint density at radius 1 is 0.938 bits per heavy atom. The first kappa shape index (κ1) is 22.9. The number of allylic oxidation sites excluding steroid dienone is 2. The molecule has 5 rings (SSSR count). The molecule has 0 spiro atoms. The van der Waals surface area contributed by atoms with E-state index in [1.165, 1.54) is 18.4 Å². The van der Waals surface area contributed by atoms with Crippen molar-refractivity contribution in [1.82, 2.24) is 0 Å². The summed E-state index contributed by atoms with van der Waals surface area (Å²) in [5.74, 6) is 1.48. The third-order valence-corrected chi connectivity index (χ3v) is 12.8. The van der Waals surface area contributed by atoms with Crippen LogP contribution in [0.1, 0.15) is 106 Å². The molecule has 4 fully saturated rings. The van der Waals surface area contributed by atoms with E-state index in [-0.39, 0.29) is 33.7 Å². The van der Waals surface area contributed by atoms with Crippen LogP contribution in [0.4, 0.5) is 0 Å². The van der Waals surface area contributed by atoms with Gasteiger partial charge in [0.15, 0.2) is 0 Å². The van der Waals surface area contributed by atoms with E-state index in [1.807, 2.05) is 0 Å². The Labute approximate surface area is 195 Å². The Morgan fingerprint density at radius 2 is 1.66 bits per heavy atom. The second-order valence-electron chi connectivity index (χ2n) is 14.1. The number of rotatable bonds is 1. The lowest BCUT2D eigenvalue weighted by Crippen LogP contribution is -2.64. The molecule has 0 aromatic heterocycles. The van der Waals surface area contributed by atoms with Crippen molar-refractivity contribution >= 4 is 5.97 Å². The van der Waals surface area contributed by atoms with Gasteiger partial charge in [-0.25, -0.2) is 0 Å². The summed E-state index contributed by atoms with van der Waals surface area (Å²) in [6, 6.07) is 0. The number of carboxylic acid groups (broad SMARTS) is 1. The minimum Gasteiger partial charge on any atom is -0.481 e. The molecule has 180 valence electrons. The first-order chi connectivity index (χ1) is 14.8. The van der Waals surface area contributed by atoms with Crippen LogP contribution in [0.5, 0.6) is 0 Å². The monoisotopic (exact) mass is 442 g/mol. The summed E-state index contributed by atoms with van der Waals surface area (Å²) in [5.41, 5.74) is 1.54. The number of carbonyl (C=O) groups is 1. The number of aliphatic hydroxyl groups excluding tert-OH is 1. The summed E-state index contributed by atoms with van der Waals surface area (Å²) in [5, 5.41) is 21.3. The maximum atomic E-state index is 12.6. The lowest BCUT2D eigenvalue weighted by molar-refractivity contribution is -0.204. The van der Waals surface area contributed by atoms with Gasteiger partial charge in [-0.15, -0.1) is 0 Å². The minimum atomic E-state index is -0.539. The van der Waals surface area contributed by atoms with E-state index in [9.17, 15) is 15.0 Å². The van der Waals surface area contributed by atoms with Gasteiger partial charge in [0.05, 0.1) is 11.5 Å². The van der Waals surface area contributed by atoms with Crippen LogP contribution in [-0.2, 0) is 4.79 Å². The minimum absolute atomic E-state index is 0.0247. The van der Waals surface area contributed by atoms with Crippen LogP contribution >= 0.6 is 0 Å². The van der Waals surface area contributed by atoms with Crippen LogP contribution in [0.2, 0.25) is 0 Å². The first-order valence-corrected chi connectivity index (χ1v) is 13.4. The molecule has 0 aliphatic heterocycles. The van der Waals surface area contributed by atoms with Gasteiger partial charge in [0.25, 0.3) is 0 Å². The SMILES string of the molecule is CC1CCC2(C(=O)O)CCC3(C)C(=CCC4C5(C)CCC(O)C(C)(C)C5CCC43C)C2C1. The summed E-state index contributed by atoms with van der Waals surface area (Å²) in [4.78, 5) is 12.6. The third kappa shape index (κ3) is 2.61. The van der Waals surface area contributed by atoms with Crippen molar-refractivity contribution in [3.05, 3.63) is 11.6 Å².